The standard InChI is InChI=1S/C13H15FO/c14-13(15)12-8-6-11(7-9-12)10-4-2-1-3-5-10/h6-10H,1-5H2. The Kier molecular flexibility index (Phi) is 3.14. The fourth-order valence-corrected chi connectivity index (χ4v) is 2.32. The van der Waals surface area contributed by atoms with E-state index < -0.39 is 6.04 Å². The Hall–Kier alpha value is -1.18. The van der Waals surface area contributed by atoms with Crippen LogP contribution in [-0.2, 0) is 0 Å². The number of carbonyl (C=O) groups excluding carboxylic acids is 1. The Morgan fingerprint density at radius 2 is 1.67 bits per heavy atom. The highest BCUT2D eigenvalue weighted by atomic mass is 19.1. The van der Waals surface area contributed by atoms with E-state index in [2.05, 4.69) is 0 Å². The van der Waals surface area contributed by atoms with Gasteiger partial charge in [0.05, 0.1) is 5.56 Å². The lowest BCUT2D eigenvalue weighted by Crippen LogP contribution is -2.04. The second-order valence-corrected chi connectivity index (χ2v) is 4.23. The van der Waals surface area contributed by atoms with Crippen molar-refractivity contribution in [2.45, 2.75) is 38.0 Å². The van der Waals surface area contributed by atoms with Gasteiger partial charge >= 0.3 is 6.04 Å². The van der Waals surface area contributed by atoms with Crippen LogP contribution >= 0.6 is 0 Å². The van der Waals surface area contributed by atoms with Gasteiger partial charge in [0.1, 0.15) is 0 Å². The summed E-state index contributed by atoms with van der Waals surface area (Å²) in [7, 11) is 0. The molecule has 0 heterocycles. The fraction of sp³-hybridized carbons (Fsp3) is 0.462. The largest absolute Gasteiger partial charge is 0.332 e. The molecule has 0 aromatic heterocycles. The molecule has 0 aliphatic heterocycles. The molecule has 0 saturated heterocycles. The Labute approximate surface area is 89.3 Å². The van der Waals surface area contributed by atoms with E-state index in [0.717, 1.165) is 0 Å². The van der Waals surface area contributed by atoms with Gasteiger partial charge in [0, 0.05) is 0 Å². The van der Waals surface area contributed by atoms with Gasteiger partial charge in [-0.25, -0.2) is 0 Å². The highest BCUT2D eigenvalue weighted by Crippen LogP contribution is 2.32. The Bertz CT molecular complexity index is 336. The number of rotatable bonds is 2. The number of carbonyl (C=O) groups is 1. The van der Waals surface area contributed by atoms with E-state index in [4.69, 9.17) is 0 Å². The summed E-state index contributed by atoms with van der Waals surface area (Å²) in [5, 5.41) is 0. The van der Waals surface area contributed by atoms with E-state index in [1.54, 1.807) is 12.1 Å². The monoisotopic (exact) mass is 206 g/mol. The fourth-order valence-electron chi connectivity index (χ4n) is 2.32. The van der Waals surface area contributed by atoms with Crippen LogP contribution in [0.15, 0.2) is 24.3 Å². The van der Waals surface area contributed by atoms with Crippen LogP contribution in [0.4, 0.5) is 4.39 Å². The molecule has 0 bridgehead atoms. The highest BCUT2D eigenvalue weighted by molar-refractivity contribution is 5.88. The third-order valence-corrected chi connectivity index (χ3v) is 3.21. The summed E-state index contributed by atoms with van der Waals surface area (Å²) < 4.78 is 12.4. The second kappa shape index (κ2) is 4.56. The van der Waals surface area contributed by atoms with Crippen molar-refractivity contribution in [1.82, 2.24) is 0 Å². The molecule has 2 rings (SSSR count). The van der Waals surface area contributed by atoms with Crippen LogP contribution in [0.25, 0.3) is 0 Å². The summed E-state index contributed by atoms with van der Waals surface area (Å²) >= 11 is 0. The molecular formula is C13H15FO. The molecule has 1 saturated carbocycles. The summed E-state index contributed by atoms with van der Waals surface area (Å²) in [6, 6.07) is 5.62. The predicted octanol–water partition coefficient (Wildman–Crippen LogP) is 3.84. The summed E-state index contributed by atoms with van der Waals surface area (Å²) in [5.41, 5.74) is 1.41. The number of benzene rings is 1. The average molecular weight is 206 g/mol. The van der Waals surface area contributed by atoms with Gasteiger partial charge in [-0.3, -0.25) is 4.79 Å². The molecule has 1 aromatic carbocycles. The molecule has 0 N–H and O–H groups in total. The quantitative estimate of drug-likeness (QED) is 0.672. The molecule has 1 nitrogen and oxygen atoms in total. The highest BCUT2D eigenvalue weighted by Gasteiger charge is 2.15. The maximum absolute atomic E-state index is 12.4. The van der Waals surface area contributed by atoms with E-state index in [1.165, 1.54) is 37.7 Å². The molecule has 0 atom stereocenters. The van der Waals surface area contributed by atoms with Crippen molar-refractivity contribution < 1.29 is 9.18 Å². The van der Waals surface area contributed by atoms with Crippen molar-refractivity contribution in [2.24, 2.45) is 0 Å². The molecule has 1 fully saturated rings. The van der Waals surface area contributed by atoms with Gasteiger partial charge in [0.25, 0.3) is 0 Å². The van der Waals surface area contributed by atoms with Crippen LogP contribution < -0.4 is 0 Å². The van der Waals surface area contributed by atoms with Crippen molar-refractivity contribution in [1.29, 1.82) is 0 Å². The molecular weight excluding hydrogens is 191 g/mol. The predicted molar refractivity (Wildman–Crippen MR) is 57.7 cm³/mol. The maximum atomic E-state index is 12.4. The SMILES string of the molecule is O=C(F)c1ccc(C2CCCCC2)cc1. The first-order valence-electron chi connectivity index (χ1n) is 5.57. The maximum Gasteiger partial charge on any atom is 0.332 e. The zero-order chi connectivity index (χ0) is 10.7. The van der Waals surface area contributed by atoms with E-state index in [9.17, 15) is 9.18 Å². The minimum atomic E-state index is -1.34. The van der Waals surface area contributed by atoms with E-state index in [-0.39, 0.29) is 5.56 Å². The first-order valence-corrected chi connectivity index (χ1v) is 5.57. The van der Waals surface area contributed by atoms with Crippen LogP contribution in [0.2, 0.25) is 0 Å². The van der Waals surface area contributed by atoms with Gasteiger partial charge in [-0.2, -0.15) is 4.39 Å². The zero-order valence-corrected chi connectivity index (χ0v) is 8.71. The van der Waals surface area contributed by atoms with E-state index >= 15 is 0 Å². The smallest absolute Gasteiger partial charge is 0.255 e. The molecule has 15 heavy (non-hydrogen) atoms. The molecule has 0 amide bonds. The second-order valence-electron chi connectivity index (χ2n) is 4.23. The number of halogens is 1. The summed E-state index contributed by atoms with van der Waals surface area (Å²) in [5.74, 6) is 0.613. The average Bonchev–Trinajstić information content (AvgIpc) is 2.30. The van der Waals surface area contributed by atoms with Crippen molar-refractivity contribution in [3.8, 4) is 0 Å². The Balaban J connectivity index is 2.11. The zero-order valence-electron chi connectivity index (χ0n) is 8.71. The minimum absolute atomic E-state index is 0.162. The summed E-state index contributed by atoms with van der Waals surface area (Å²) in [6.07, 6.45) is 6.35. The topological polar surface area (TPSA) is 17.1 Å². The lowest BCUT2D eigenvalue weighted by atomic mass is 9.84. The molecule has 0 radical (unpaired) electrons. The van der Waals surface area contributed by atoms with Crippen LogP contribution in [0, 0.1) is 0 Å². The minimum Gasteiger partial charge on any atom is -0.255 e. The van der Waals surface area contributed by atoms with Crippen molar-refractivity contribution in [3.05, 3.63) is 35.4 Å². The van der Waals surface area contributed by atoms with E-state index in [1.807, 2.05) is 12.1 Å². The van der Waals surface area contributed by atoms with Gasteiger partial charge in [0.15, 0.2) is 0 Å². The van der Waals surface area contributed by atoms with Crippen LogP contribution in [0.1, 0.15) is 53.9 Å². The Morgan fingerprint density at radius 1 is 1.07 bits per heavy atom. The lowest BCUT2D eigenvalue weighted by molar-refractivity contribution is 0.0836. The van der Waals surface area contributed by atoms with Gasteiger partial charge in [0.2, 0.25) is 0 Å². The van der Waals surface area contributed by atoms with Gasteiger partial charge in [-0.1, -0.05) is 31.4 Å². The van der Waals surface area contributed by atoms with E-state index in [0.29, 0.717) is 5.92 Å². The molecule has 2 heteroatoms. The number of hydrogen-bond acceptors (Lipinski definition) is 1. The normalized spacial score (nSPS) is 17.7. The molecule has 0 unspecified atom stereocenters. The summed E-state index contributed by atoms with van der Waals surface area (Å²) in [6.45, 7) is 0. The summed E-state index contributed by atoms with van der Waals surface area (Å²) in [4.78, 5) is 10.5. The van der Waals surface area contributed by atoms with Crippen LogP contribution in [0.3, 0.4) is 0 Å². The Morgan fingerprint density at radius 3 is 2.20 bits per heavy atom. The van der Waals surface area contributed by atoms with Crippen LogP contribution in [0.5, 0.6) is 0 Å². The molecule has 80 valence electrons. The third kappa shape index (κ3) is 2.44. The molecule has 1 aromatic rings. The first kappa shape index (κ1) is 10.3. The molecule has 1 aliphatic rings. The van der Waals surface area contributed by atoms with Crippen molar-refractivity contribution in [3.63, 3.8) is 0 Å². The molecule has 0 spiro atoms. The number of hydrogen-bond donors (Lipinski definition) is 0. The van der Waals surface area contributed by atoms with Crippen molar-refractivity contribution >= 4 is 6.04 Å². The molecule has 1 aliphatic carbocycles. The van der Waals surface area contributed by atoms with Crippen LogP contribution in [-0.4, -0.2) is 6.04 Å². The third-order valence-electron chi connectivity index (χ3n) is 3.21. The van der Waals surface area contributed by atoms with Gasteiger partial charge in [-0.05, 0) is 36.5 Å². The van der Waals surface area contributed by atoms with Crippen molar-refractivity contribution in [2.75, 3.05) is 0 Å². The van der Waals surface area contributed by atoms with Gasteiger partial charge < -0.3 is 0 Å². The van der Waals surface area contributed by atoms with Gasteiger partial charge in [-0.15, -0.1) is 0 Å². The lowest BCUT2D eigenvalue weighted by Gasteiger charge is -2.21. The first-order chi connectivity index (χ1) is 7.27.